The molecule has 1 fully saturated rings. The van der Waals surface area contributed by atoms with E-state index in [1.165, 1.54) is 30.3 Å². The Morgan fingerprint density at radius 1 is 1.03 bits per heavy atom. The lowest BCUT2D eigenvalue weighted by molar-refractivity contribution is -0.274. The van der Waals surface area contributed by atoms with Gasteiger partial charge in [-0.25, -0.2) is 4.98 Å². The Kier molecular flexibility index (Phi) is 6.42. The summed E-state index contributed by atoms with van der Waals surface area (Å²) in [6.45, 7) is 3.85. The zero-order valence-corrected chi connectivity index (χ0v) is 18.9. The summed E-state index contributed by atoms with van der Waals surface area (Å²) in [6.07, 6.45) is -1.41. The normalized spacial score (nSPS) is 14.1. The van der Waals surface area contributed by atoms with E-state index in [4.69, 9.17) is 4.52 Å². The summed E-state index contributed by atoms with van der Waals surface area (Å²) in [5.74, 6) is 0.881. The first-order valence-electron chi connectivity index (χ1n) is 11.2. The molecule has 0 saturated carbocycles. The van der Waals surface area contributed by atoms with Crippen LogP contribution in [0.4, 0.5) is 19.0 Å². The number of pyridine rings is 2. The molecule has 0 spiro atoms. The van der Waals surface area contributed by atoms with Gasteiger partial charge in [0.1, 0.15) is 11.6 Å². The first kappa shape index (κ1) is 23.5. The maximum atomic E-state index is 12.5. The van der Waals surface area contributed by atoms with Crippen LogP contribution in [0.25, 0.3) is 22.8 Å². The number of nitrogens with one attached hydrogen (secondary N) is 1. The van der Waals surface area contributed by atoms with E-state index in [9.17, 15) is 18.0 Å². The van der Waals surface area contributed by atoms with Crippen LogP contribution < -0.4 is 20.5 Å². The average molecular weight is 498 g/mol. The quantitative estimate of drug-likeness (QED) is 0.433. The van der Waals surface area contributed by atoms with E-state index in [0.717, 1.165) is 37.6 Å². The van der Waals surface area contributed by atoms with Gasteiger partial charge in [0.15, 0.2) is 0 Å². The van der Waals surface area contributed by atoms with Crippen molar-refractivity contribution in [2.45, 2.75) is 12.9 Å². The Balaban J connectivity index is 1.34. The minimum Gasteiger partial charge on any atom is -0.406 e. The molecule has 186 valence electrons. The van der Waals surface area contributed by atoms with Gasteiger partial charge in [-0.15, -0.1) is 13.2 Å². The summed E-state index contributed by atoms with van der Waals surface area (Å²) in [5, 5.41) is 7.22. The number of nitrogens with zero attached hydrogens (tertiary/aromatic N) is 5. The summed E-state index contributed by atoms with van der Waals surface area (Å²) >= 11 is 0. The molecule has 1 saturated heterocycles. The Hall–Kier alpha value is -4.19. The predicted octanol–water partition coefficient (Wildman–Crippen LogP) is 3.32. The maximum Gasteiger partial charge on any atom is 0.573 e. The number of alkyl halides is 3. The van der Waals surface area contributed by atoms with Crippen LogP contribution in [0, 0.1) is 0 Å². The third-order valence-corrected chi connectivity index (χ3v) is 5.61. The highest BCUT2D eigenvalue weighted by Crippen LogP contribution is 2.27. The molecule has 12 heteroatoms. The predicted molar refractivity (Wildman–Crippen MR) is 125 cm³/mol. The third-order valence-electron chi connectivity index (χ3n) is 5.61. The van der Waals surface area contributed by atoms with Crippen molar-refractivity contribution in [2.24, 2.45) is 0 Å². The van der Waals surface area contributed by atoms with Gasteiger partial charge in [-0.1, -0.05) is 5.16 Å². The molecule has 5 rings (SSSR count). The summed E-state index contributed by atoms with van der Waals surface area (Å²) in [4.78, 5) is 23.5. The second-order valence-electron chi connectivity index (χ2n) is 8.14. The summed E-state index contributed by atoms with van der Waals surface area (Å²) < 4.78 is 47.9. The third kappa shape index (κ3) is 5.54. The molecule has 36 heavy (non-hydrogen) atoms. The lowest BCUT2D eigenvalue weighted by atomic mass is 10.2. The molecular weight excluding hydrogens is 477 g/mol. The number of rotatable bonds is 6. The van der Waals surface area contributed by atoms with Gasteiger partial charge in [-0.05, 0) is 48.0 Å². The highest BCUT2D eigenvalue weighted by Gasteiger charge is 2.31. The number of aromatic nitrogens is 4. The number of hydrogen-bond donors (Lipinski definition) is 1. The second kappa shape index (κ2) is 9.82. The molecule has 4 heterocycles. The van der Waals surface area contributed by atoms with Crippen molar-refractivity contribution in [1.29, 1.82) is 0 Å². The van der Waals surface area contributed by atoms with Crippen LogP contribution in [-0.2, 0) is 6.54 Å². The van der Waals surface area contributed by atoms with Crippen LogP contribution in [0.2, 0.25) is 0 Å². The van der Waals surface area contributed by atoms with Crippen molar-refractivity contribution < 1.29 is 22.4 Å². The maximum absolute atomic E-state index is 12.5. The van der Waals surface area contributed by atoms with Gasteiger partial charge in [0.25, 0.3) is 11.4 Å². The number of ether oxygens (including phenoxy) is 1. The van der Waals surface area contributed by atoms with Gasteiger partial charge in [0.05, 0.1) is 12.1 Å². The van der Waals surface area contributed by atoms with E-state index in [1.54, 1.807) is 23.0 Å². The lowest BCUT2D eigenvalue weighted by Gasteiger charge is -2.28. The summed E-state index contributed by atoms with van der Waals surface area (Å²) in [6, 6.07) is 12.0. The highest BCUT2D eigenvalue weighted by molar-refractivity contribution is 5.60. The number of hydrogen-bond acceptors (Lipinski definition) is 8. The van der Waals surface area contributed by atoms with Gasteiger partial charge in [0, 0.05) is 50.2 Å². The van der Waals surface area contributed by atoms with Crippen molar-refractivity contribution >= 4 is 5.82 Å². The van der Waals surface area contributed by atoms with Crippen molar-refractivity contribution in [3.8, 4) is 28.6 Å². The molecule has 9 nitrogen and oxygen atoms in total. The standard InChI is InChI=1S/C24H21F3N6O3/c25-24(26,27)35-19-4-1-17(2-5-19)22-30-23(36-31-22)18-3-6-21(34)33(15-18)14-16-7-8-29-20(13-16)32-11-9-28-10-12-32/h1-8,13,15,28H,9-12,14H2. The Bertz CT molecular complexity index is 1400. The topological polar surface area (TPSA) is 98.3 Å². The van der Waals surface area contributed by atoms with Crippen LogP contribution in [0.1, 0.15) is 5.56 Å². The fourth-order valence-corrected chi connectivity index (χ4v) is 3.87. The van der Waals surface area contributed by atoms with Crippen LogP contribution in [-0.4, -0.2) is 52.2 Å². The van der Waals surface area contributed by atoms with Crippen molar-refractivity contribution in [1.82, 2.24) is 25.0 Å². The molecule has 0 aliphatic carbocycles. The van der Waals surface area contributed by atoms with Crippen LogP contribution in [0.5, 0.6) is 5.75 Å². The first-order valence-corrected chi connectivity index (χ1v) is 11.2. The second-order valence-corrected chi connectivity index (χ2v) is 8.14. The van der Waals surface area contributed by atoms with Gasteiger partial charge >= 0.3 is 6.36 Å². The molecule has 0 bridgehead atoms. The van der Waals surface area contributed by atoms with Crippen molar-refractivity contribution in [3.63, 3.8) is 0 Å². The Morgan fingerprint density at radius 2 is 1.78 bits per heavy atom. The highest BCUT2D eigenvalue weighted by atomic mass is 19.4. The molecule has 0 atom stereocenters. The summed E-state index contributed by atoms with van der Waals surface area (Å²) in [5.41, 5.74) is 1.70. The zero-order chi connectivity index (χ0) is 25.1. The van der Waals surface area contributed by atoms with E-state index in [1.807, 2.05) is 12.1 Å². The molecular formula is C24H21F3N6O3. The number of halogens is 3. The van der Waals surface area contributed by atoms with Gasteiger partial charge in [0.2, 0.25) is 5.82 Å². The van der Waals surface area contributed by atoms with E-state index in [0.29, 0.717) is 17.7 Å². The van der Waals surface area contributed by atoms with Gasteiger partial charge in [-0.3, -0.25) is 4.79 Å². The monoisotopic (exact) mass is 498 g/mol. The minimum absolute atomic E-state index is 0.172. The van der Waals surface area contributed by atoms with E-state index in [-0.39, 0.29) is 23.0 Å². The fourth-order valence-electron chi connectivity index (χ4n) is 3.87. The molecule has 3 aromatic heterocycles. The van der Waals surface area contributed by atoms with E-state index >= 15 is 0 Å². The van der Waals surface area contributed by atoms with E-state index in [2.05, 4.69) is 30.1 Å². The molecule has 0 unspecified atom stereocenters. The molecule has 1 aliphatic heterocycles. The van der Waals surface area contributed by atoms with Gasteiger partial charge < -0.3 is 24.0 Å². The molecule has 0 radical (unpaired) electrons. The number of benzene rings is 1. The van der Waals surface area contributed by atoms with Gasteiger partial charge in [-0.2, -0.15) is 4.98 Å². The molecule has 1 aliphatic rings. The Labute approximate surface area is 203 Å². The molecule has 1 N–H and O–H groups in total. The Morgan fingerprint density at radius 3 is 2.53 bits per heavy atom. The average Bonchev–Trinajstić information content (AvgIpc) is 3.36. The zero-order valence-electron chi connectivity index (χ0n) is 18.9. The van der Waals surface area contributed by atoms with Crippen LogP contribution >= 0.6 is 0 Å². The van der Waals surface area contributed by atoms with Crippen LogP contribution in [0.3, 0.4) is 0 Å². The number of piperazine rings is 1. The molecule has 1 aromatic carbocycles. The molecule has 0 amide bonds. The number of anilines is 1. The van der Waals surface area contributed by atoms with Crippen LogP contribution in [0.15, 0.2) is 70.2 Å². The van der Waals surface area contributed by atoms with Crippen molar-refractivity contribution in [2.75, 3.05) is 31.1 Å². The lowest BCUT2D eigenvalue weighted by Crippen LogP contribution is -2.43. The fraction of sp³-hybridized carbons (Fsp3) is 0.250. The largest absolute Gasteiger partial charge is 0.573 e. The molecule has 4 aromatic rings. The van der Waals surface area contributed by atoms with E-state index < -0.39 is 6.36 Å². The smallest absolute Gasteiger partial charge is 0.406 e. The summed E-state index contributed by atoms with van der Waals surface area (Å²) in [7, 11) is 0. The first-order chi connectivity index (χ1) is 17.3. The SMILES string of the molecule is O=c1ccc(-c2nc(-c3ccc(OC(F)(F)F)cc3)no2)cn1Cc1ccnc(N2CCNCC2)c1. The van der Waals surface area contributed by atoms with Crippen molar-refractivity contribution in [3.05, 3.63) is 76.8 Å². The minimum atomic E-state index is -4.77.